The number of carbonyl (C=O) groups excluding carboxylic acids is 1. The second-order valence-electron chi connectivity index (χ2n) is 7.39. The highest BCUT2D eigenvalue weighted by Crippen LogP contribution is 2.37. The number of benzene rings is 1. The van der Waals surface area contributed by atoms with Gasteiger partial charge in [0.15, 0.2) is 0 Å². The lowest BCUT2D eigenvalue weighted by atomic mass is 9.79. The molecule has 26 heavy (non-hydrogen) atoms. The summed E-state index contributed by atoms with van der Waals surface area (Å²) in [6, 6.07) is 11.6. The van der Waals surface area contributed by atoms with Crippen molar-refractivity contribution in [1.29, 1.82) is 0 Å². The summed E-state index contributed by atoms with van der Waals surface area (Å²) in [6.45, 7) is 3.04. The van der Waals surface area contributed by atoms with E-state index < -0.39 is 5.60 Å². The molecule has 1 amide bonds. The van der Waals surface area contributed by atoms with Crippen molar-refractivity contribution in [2.45, 2.75) is 30.9 Å². The standard InChI is InChI=1S/C20H26N4O2/c1-22-17(9-11-21-22)19(25)24-14-10-20(26,16-7-3-2-4-8-16)18(15-24)23-12-5-6-13-23/h2-4,7-9,11,18,26H,5-6,10,12-15H2,1H3/t18-,20+/m1/s1. The number of carbonyl (C=O) groups is 1. The van der Waals surface area contributed by atoms with Crippen LogP contribution < -0.4 is 0 Å². The molecule has 2 fully saturated rings. The minimum absolute atomic E-state index is 0.00990. The Kier molecular flexibility index (Phi) is 4.54. The van der Waals surface area contributed by atoms with E-state index >= 15 is 0 Å². The van der Waals surface area contributed by atoms with Gasteiger partial charge in [-0.05, 0) is 44.0 Å². The molecule has 1 aromatic carbocycles. The number of aromatic nitrogens is 2. The summed E-state index contributed by atoms with van der Waals surface area (Å²) in [4.78, 5) is 17.2. The summed E-state index contributed by atoms with van der Waals surface area (Å²) >= 11 is 0. The largest absolute Gasteiger partial charge is 0.383 e. The summed E-state index contributed by atoms with van der Waals surface area (Å²) in [5.74, 6) is -0.00990. The van der Waals surface area contributed by atoms with Crippen LogP contribution in [-0.4, -0.2) is 62.8 Å². The molecule has 138 valence electrons. The molecule has 1 N–H and O–H groups in total. The summed E-state index contributed by atoms with van der Waals surface area (Å²) in [5.41, 5.74) is 0.620. The van der Waals surface area contributed by atoms with Crippen LogP contribution in [0, 0.1) is 0 Å². The van der Waals surface area contributed by atoms with Gasteiger partial charge in [0.25, 0.3) is 5.91 Å². The first-order chi connectivity index (χ1) is 12.6. The number of aliphatic hydroxyl groups is 1. The highest BCUT2D eigenvalue weighted by Gasteiger charge is 2.47. The van der Waals surface area contributed by atoms with Crippen molar-refractivity contribution in [2.24, 2.45) is 7.05 Å². The summed E-state index contributed by atoms with van der Waals surface area (Å²) in [7, 11) is 1.79. The van der Waals surface area contributed by atoms with Gasteiger partial charge >= 0.3 is 0 Å². The zero-order valence-electron chi connectivity index (χ0n) is 15.2. The Bertz CT molecular complexity index is 769. The van der Waals surface area contributed by atoms with Crippen LogP contribution in [0.15, 0.2) is 42.6 Å². The van der Waals surface area contributed by atoms with Gasteiger partial charge in [-0.1, -0.05) is 30.3 Å². The molecule has 2 atom stereocenters. The van der Waals surface area contributed by atoms with Gasteiger partial charge in [0.1, 0.15) is 11.3 Å². The van der Waals surface area contributed by atoms with Gasteiger partial charge in [0.2, 0.25) is 0 Å². The first-order valence-corrected chi connectivity index (χ1v) is 9.39. The molecule has 0 bridgehead atoms. The molecule has 0 aliphatic carbocycles. The second-order valence-corrected chi connectivity index (χ2v) is 7.39. The molecule has 4 rings (SSSR count). The predicted molar refractivity (Wildman–Crippen MR) is 98.7 cm³/mol. The monoisotopic (exact) mass is 354 g/mol. The average Bonchev–Trinajstić information content (AvgIpc) is 3.34. The summed E-state index contributed by atoms with van der Waals surface area (Å²) < 4.78 is 1.62. The third-order valence-electron chi connectivity index (χ3n) is 5.89. The number of nitrogens with zero attached hydrogens (tertiary/aromatic N) is 4. The molecule has 2 aliphatic heterocycles. The van der Waals surface area contributed by atoms with Gasteiger partial charge in [-0.25, -0.2) is 0 Å². The average molecular weight is 354 g/mol. The molecule has 2 aliphatic rings. The van der Waals surface area contributed by atoms with Gasteiger partial charge < -0.3 is 10.0 Å². The van der Waals surface area contributed by atoms with Crippen molar-refractivity contribution in [3.05, 3.63) is 53.9 Å². The molecule has 0 radical (unpaired) electrons. The zero-order chi connectivity index (χ0) is 18.1. The number of hydrogen-bond donors (Lipinski definition) is 1. The van der Waals surface area contributed by atoms with Crippen LogP contribution in [0.25, 0.3) is 0 Å². The maximum atomic E-state index is 13.0. The highest BCUT2D eigenvalue weighted by atomic mass is 16.3. The number of rotatable bonds is 3. The lowest BCUT2D eigenvalue weighted by Crippen LogP contribution is -2.61. The van der Waals surface area contributed by atoms with Crippen molar-refractivity contribution in [1.82, 2.24) is 19.6 Å². The second kappa shape index (κ2) is 6.85. The van der Waals surface area contributed by atoms with Crippen LogP contribution in [0.4, 0.5) is 0 Å². The third-order valence-corrected chi connectivity index (χ3v) is 5.89. The summed E-state index contributed by atoms with van der Waals surface area (Å²) in [6.07, 6.45) is 4.49. The Balaban J connectivity index is 1.63. The molecule has 6 heteroatoms. The normalized spacial score (nSPS) is 27.0. The minimum Gasteiger partial charge on any atom is -0.383 e. The van der Waals surface area contributed by atoms with E-state index in [1.807, 2.05) is 35.2 Å². The number of aryl methyl sites for hydroxylation is 1. The van der Waals surface area contributed by atoms with Crippen molar-refractivity contribution in [3.8, 4) is 0 Å². The van der Waals surface area contributed by atoms with E-state index in [2.05, 4.69) is 10.00 Å². The highest BCUT2D eigenvalue weighted by molar-refractivity contribution is 5.92. The minimum atomic E-state index is -0.922. The number of hydrogen-bond acceptors (Lipinski definition) is 4. The number of piperidine rings is 1. The van der Waals surface area contributed by atoms with Crippen molar-refractivity contribution < 1.29 is 9.90 Å². The van der Waals surface area contributed by atoms with Crippen LogP contribution in [0.1, 0.15) is 35.3 Å². The first-order valence-electron chi connectivity index (χ1n) is 9.39. The quantitative estimate of drug-likeness (QED) is 0.910. The van der Waals surface area contributed by atoms with E-state index in [9.17, 15) is 9.90 Å². The van der Waals surface area contributed by atoms with Gasteiger partial charge in [0, 0.05) is 26.3 Å². The SMILES string of the molecule is Cn1nccc1C(=O)N1CC[C@](O)(c2ccccc2)[C@H](N2CCCC2)C1. The van der Waals surface area contributed by atoms with Gasteiger partial charge in [-0.2, -0.15) is 5.10 Å². The van der Waals surface area contributed by atoms with Crippen LogP contribution in [-0.2, 0) is 12.6 Å². The molecule has 1 aromatic heterocycles. The van der Waals surface area contributed by atoms with Gasteiger partial charge in [-0.3, -0.25) is 14.4 Å². The fourth-order valence-electron chi connectivity index (χ4n) is 4.39. The number of amides is 1. The zero-order valence-corrected chi connectivity index (χ0v) is 15.2. The van der Waals surface area contributed by atoms with Crippen molar-refractivity contribution in [3.63, 3.8) is 0 Å². The molecule has 2 aromatic rings. The number of likely N-dealkylation sites (tertiary alicyclic amines) is 2. The molecule has 2 saturated heterocycles. The lowest BCUT2D eigenvalue weighted by Gasteiger charge is -2.48. The van der Waals surface area contributed by atoms with E-state index in [1.54, 1.807) is 24.0 Å². The van der Waals surface area contributed by atoms with E-state index in [0.29, 0.717) is 25.2 Å². The maximum absolute atomic E-state index is 13.0. The van der Waals surface area contributed by atoms with Crippen molar-refractivity contribution in [2.75, 3.05) is 26.2 Å². The van der Waals surface area contributed by atoms with E-state index in [0.717, 1.165) is 31.5 Å². The molecule has 6 nitrogen and oxygen atoms in total. The third kappa shape index (κ3) is 2.93. The fourth-order valence-corrected chi connectivity index (χ4v) is 4.39. The fraction of sp³-hybridized carbons (Fsp3) is 0.500. The summed E-state index contributed by atoms with van der Waals surface area (Å²) in [5, 5.41) is 15.8. The molecule has 0 spiro atoms. The van der Waals surface area contributed by atoms with Crippen LogP contribution >= 0.6 is 0 Å². The van der Waals surface area contributed by atoms with E-state index in [1.165, 1.54) is 0 Å². The molecular weight excluding hydrogens is 328 g/mol. The lowest BCUT2D eigenvalue weighted by molar-refractivity contribution is -0.0879. The Hall–Kier alpha value is -2.18. The Morgan fingerprint density at radius 3 is 2.54 bits per heavy atom. The first kappa shape index (κ1) is 17.2. The maximum Gasteiger partial charge on any atom is 0.272 e. The predicted octanol–water partition coefficient (Wildman–Crippen LogP) is 1.62. The smallest absolute Gasteiger partial charge is 0.272 e. The Morgan fingerprint density at radius 2 is 1.88 bits per heavy atom. The molecule has 0 unspecified atom stereocenters. The van der Waals surface area contributed by atoms with E-state index in [4.69, 9.17) is 0 Å². The Labute approximate surface area is 154 Å². The topological polar surface area (TPSA) is 61.6 Å². The van der Waals surface area contributed by atoms with Gasteiger partial charge in [0.05, 0.1) is 6.04 Å². The molecule has 3 heterocycles. The van der Waals surface area contributed by atoms with Crippen molar-refractivity contribution >= 4 is 5.91 Å². The van der Waals surface area contributed by atoms with Crippen LogP contribution in [0.2, 0.25) is 0 Å². The Morgan fingerprint density at radius 1 is 1.15 bits per heavy atom. The van der Waals surface area contributed by atoms with Crippen LogP contribution in [0.3, 0.4) is 0 Å². The molecule has 0 saturated carbocycles. The van der Waals surface area contributed by atoms with Crippen LogP contribution in [0.5, 0.6) is 0 Å². The van der Waals surface area contributed by atoms with E-state index in [-0.39, 0.29) is 11.9 Å². The van der Waals surface area contributed by atoms with Gasteiger partial charge in [-0.15, -0.1) is 0 Å². The molecular formula is C20H26N4O2.